The molecule has 0 radical (unpaired) electrons. The number of anilines is 1. The van der Waals surface area contributed by atoms with E-state index in [2.05, 4.69) is 5.32 Å². The highest BCUT2D eigenvalue weighted by Crippen LogP contribution is 2.21. The molecule has 0 aliphatic heterocycles. The van der Waals surface area contributed by atoms with Crippen LogP contribution in [0.1, 0.15) is 39.5 Å². The minimum Gasteiger partial charge on any atom is -0.497 e. The lowest BCUT2D eigenvalue weighted by molar-refractivity contribution is -0.121. The molecular formula is C17H28N2O4S. The fraction of sp³-hybridized carbons (Fsp3) is 0.588. The second-order valence-corrected chi connectivity index (χ2v) is 7.62. The first-order chi connectivity index (χ1) is 11.3. The molecule has 6 nitrogen and oxygen atoms in total. The zero-order chi connectivity index (χ0) is 18.2. The Kier molecular flexibility index (Phi) is 8.04. The summed E-state index contributed by atoms with van der Waals surface area (Å²) in [6, 6.07) is 7.01. The molecule has 0 bridgehead atoms. The van der Waals surface area contributed by atoms with Crippen molar-refractivity contribution in [3.8, 4) is 5.75 Å². The molecule has 0 aromatic heterocycles. The van der Waals surface area contributed by atoms with E-state index in [4.69, 9.17) is 4.74 Å². The maximum atomic E-state index is 12.0. The van der Waals surface area contributed by atoms with Crippen LogP contribution in [0, 0.1) is 0 Å². The van der Waals surface area contributed by atoms with Crippen LogP contribution in [0.25, 0.3) is 0 Å². The van der Waals surface area contributed by atoms with Crippen molar-refractivity contribution in [3.05, 3.63) is 24.3 Å². The summed E-state index contributed by atoms with van der Waals surface area (Å²) in [6.07, 6.45) is 3.72. The molecule has 0 spiro atoms. The van der Waals surface area contributed by atoms with Crippen LogP contribution >= 0.6 is 0 Å². The van der Waals surface area contributed by atoms with Crippen LogP contribution in [-0.2, 0) is 14.8 Å². The fourth-order valence-electron chi connectivity index (χ4n) is 2.41. The molecule has 1 aromatic carbocycles. The molecule has 1 N–H and O–H groups in total. The molecule has 0 saturated carbocycles. The summed E-state index contributed by atoms with van der Waals surface area (Å²) in [5.41, 5.74) is 0.568. The lowest BCUT2D eigenvalue weighted by Crippen LogP contribution is -2.35. The lowest BCUT2D eigenvalue weighted by atomic mass is 10.1. The van der Waals surface area contributed by atoms with E-state index in [0.29, 0.717) is 24.3 Å². The summed E-state index contributed by atoms with van der Waals surface area (Å²) in [5, 5.41) is 2.96. The number of benzene rings is 1. The zero-order valence-corrected chi connectivity index (χ0v) is 15.7. The molecule has 1 aromatic rings. The van der Waals surface area contributed by atoms with Gasteiger partial charge < -0.3 is 10.1 Å². The van der Waals surface area contributed by atoms with Gasteiger partial charge in [0.15, 0.2) is 0 Å². The average Bonchev–Trinajstić information content (AvgIpc) is 2.55. The Labute approximate surface area is 145 Å². The smallest absolute Gasteiger partial charge is 0.232 e. The van der Waals surface area contributed by atoms with Crippen molar-refractivity contribution >= 4 is 21.6 Å². The number of nitrogens with one attached hydrogen (secondary N) is 1. The normalized spacial score (nSPS) is 11.4. The Morgan fingerprint density at radius 3 is 2.25 bits per heavy atom. The Bertz CT molecular complexity index is 610. The van der Waals surface area contributed by atoms with E-state index >= 15 is 0 Å². The Morgan fingerprint density at radius 2 is 1.79 bits per heavy atom. The van der Waals surface area contributed by atoms with Crippen molar-refractivity contribution in [3.63, 3.8) is 0 Å². The third-order valence-corrected chi connectivity index (χ3v) is 5.07. The number of ether oxygens (including phenoxy) is 1. The van der Waals surface area contributed by atoms with Crippen molar-refractivity contribution in [2.75, 3.05) is 24.2 Å². The standard InChI is InChI=1S/C17H28N2O4S/c1-5-14(6-2)18-17(20)8-7-13-19(24(4,21)22)15-9-11-16(23-3)12-10-15/h9-12,14H,5-8,13H2,1-4H3,(H,18,20). The van der Waals surface area contributed by atoms with E-state index in [9.17, 15) is 13.2 Å². The molecule has 0 atom stereocenters. The van der Waals surface area contributed by atoms with Gasteiger partial charge in [0.1, 0.15) is 5.75 Å². The molecular weight excluding hydrogens is 328 g/mol. The SMILES string of the molecule is CCC(CC)NC(=O)CCCN(c1ccc(OC)cc1)S(C)(=O)=O. The van der Waals surface area contributed by atoms with Crippen LogP contribution in [0.3, 0.4) is 0 Å². The minimum atomic E-state index is -3.41. The first kappa shape index (κ1) is 20.3. The number of methoxy groups -OCH3 is 1. The van der Waals surface area contributed by atoms with Crippen molar-refractivity contribution in [2.45, 2.75) is 45.6 Å². The molecule has 1 rings (SSSR count). The minimum absolute atomic E-state index is 0.0353. The molecule has 24 heavy (non-hydrogen) atoms. The van der Waals surface area contributed by atoms with E-state index in [1.54, 1.807) is 31.4 Å². The number of hydrogen-bond acceptors (Lipinski definition) is 4. The summed E-state index contributed by atoms with van der Waals surface area (Å²) >= 11 is 0. The third-order valence-electron chi connectivity index (χ3n) is 3.88. The van der Waals surface area contributed by atoms with E-state index < -0.39 is 10.0 Å². The van der Waals surface area contributed by atoms with Crippen LogP contribution in [0.5, 0.6) is 5.75 Å². The van der Waals surface area contributed by atoms with Gasteiger partial charge in [0.2, 0.25) is 15.9 Å². The second-order valence-electron chi connectivity index (χ2n) is 5.72. The zero-order valence-electron chi connectivity index (χ0n) is 14.9. The predicted molar refractivity (Wildman–Crippen MR) is 96.9 cm³/mol. The maximum absolute atomic E-state index is 12.0. The van der Waals surface area contributed by atoms with Crippen molar-refractivity contribution < 1.29 is 17.9 Å². The number of carbonyl (C=O) groups excluding carboxylic acids is 1. The summed E-state index contributed by atoms with van der Waals surface area (Å²) in [4.78, 5) is 11.9. The molecule has 1 amide bonds. The topological polar surface area (TPSA) is 75.7 Å². The van der Waals surface area contributed by atoms with Gasteiger partial charge in [-0.1, -0.05) is 13.8 Å². The molecule has 0 aliphatic carbocycles. The van der Waals surface area contributed by atoms with Crippen LogP contribution in [0.2, 0.25) is 0 Å². The van der Waals surface area contributed by atoms with Crippen molar-refractivity contribution in [2.24, 2.45) is 0 Å². The largest absolute Gasteiger partial charge is 0.497 e. The number of nitrogens with zero attached hydrogens (tertiary/aromatic N) is 1. The van der Waals surface area contributed by atoms with Gasteiger partial charge in [0.25, 0.3) is 0 Å². The van der Waals surface area contributed by atoms with Gasteiger partial charge in [0.05, 0.1) is 19.1 Å². The number of sulfonamides is 1. The Morgan fingerprint density at radius 1 is 1.21 bits per heavy atom. The first-order valence-electron chi connectivity index (χ1n) is 8.22. The van der Waals surface area contributed by atoms with Crippen LogP contribution in [0.4, 0.5) is 5.69 Å². The summed E-state index contributed by atoms with van der Waals surface area (Å²) in [5.74, 6) is 0.628. The average molecular weight is 356 g/mol. The molecule has 0 unspecified atom stereocenters. The highest BCUT2D eigenvalue weighted by atomic mass is 32.2. The first-order valence-corrected chi connectivity index (χ1v) is 10.1. The van der Waals surface area contributed by atoms with Gasteiger partial charge in [-0.15, -0.1) is 0 Å². The molecule has 0 saturated heterocycles. The van der Waals surface area contributed by atoms with Gasteiger partial charge >= 0.3 is 0 Å². The van der Waals surface area contributed by atoms with Crippen LogP contribution < -0.4 is 14.4 Å². The Hall–Kier alpha value is -1.76. The quantitative estimate of drug-likeness (QED) is 0.699. The van der Waals surface area contributed by atoms with Gasteiger partial charge in [-0.2, -0.15) is 0 Å². The molecule has 0 heterocycles. The molecule has 0 aliphatic rings. The second kappa shape index (κ2) is 9.52. The predicted octanol–water partition coefficient (Wildman–Crippen LogP) is 2.55. The fourth-order valence-corrected chi connectivity index (χ4v) is 3.38. The molecule has 136 valence electrons. The third kappa shape index (κ3) is 6.39. The van der Waals surface area contributed by atoms with Gasteiger partial charge in [-0.05, 0) is 43.5 Å². The number of hydrogen-bond donors (Lipinski definition) is 1. The summed E-state index contributed by atoms with van der Waals surface area (Å²) in [6.45, 7) is 4.33. The van der Waals surface area contributed by atoms with E-state index in [-0.39, 0.29) is 18.5 Å². The monoisotopic (exact) mass is 356 g/mol. The summed E-state index contributed by atoms with van der Waals surface area (Å²) in [7, 11) is -1.85. The van der Waals surface area contributed by atoms with E-state index in [0.717, 1.165) is 12.8 Å². The highest BCUT2D eigenvalue weighted by molar-refractivity contribution is 7.92. The lowest BCUT2D eigenvalue weighted by Gasteiger charge is -2.22. The van der Waals surface area contributed by atoms with Crippen molar-refractivity contribution in [1.29, 1.82) is 0 Å². The highest BCUT2D eigenvalue weighted by Gasteiger charge is 2.18. The number of carbonyl (C=O) groups is 1. The van der Waals surface area contributed by atoms with Crippen molar-refractivity contribution in [1.82, 2.24) is 5.32 Å². The Balaban J connectivity index is 2.66. The van der Waals surface area contributed by atoms with Crippen LogP contribution in [0.15, 0.2) is 24.3 Å². The number of amides is 1. The van der Waals surface area contributed by atoms with Gasteiger partial charge in [-0.25, -0.2) is 8.42 Å². The van der Waals surface area contributed by atoms with E-state index in [1.807, 2.05) is 13.8 Å². The van der Waals surface area contributed by atoms with E-state index in [1.165, 1.54) is 10.6 Å². The van der Waals surface area contributed by atoms with Gasteiger partial charge in [0, 0.05) is 19.0 Å². The van der Waals surface area contributed by atoms with Crippen LogP contribution in [-0.4, -0.2) is 40.3 Å². The van der Waals surface area contributed by atoms with Gasteiger partial charge in [-0.3, -0.25) is 9.10 Å². The molecule has 0 fully saturated rings. The number of rotatable bonds is 10. The summed E-state index contributed by atoms with van der Waals surface area (Å²) < 4.78 is 30.5. The molecule has 7 heteroatoms. The maximum Gasteiger partial charge on any atom is 0.232 e.